The largest absolute Gasteiger partial charge is 0.480 e. The number of hydrogen-bond acceptors (Lipinski definition) is 4. The summed E-state index contributed by atoms with van der Waals surface area (Å²) in [7, 11) is 0. The number of anilines is 1. The van der Waals surface area contributed by atoms with Crippen molar-refractivity contribution in [2.45, 2.75) is 31.7 Å². The molecule has 0 unspecified atom stereocenters. The molecule has 1 aromatic rings. The number of carbonyl (C=O) groups is 3. The van der Waals surface area contributed by atoms with E-state index in [1.165, 1.54) is 11.0 Å². The highest BCUT2D eigenvalue weighted by Gasteiger charge is 2.26. The Morgan fingerprint density at radius 2 is 1.93 bits per heavy atom. The molecule has 2 heterocycles. The average molecular weight is 372 g/mol. The van der Waals surface area contributed by atoms with Gasteiger partial charge in [-0.3, -0.25) is 14.4 Å². The van der Waals surface area contributed by atoms with Gasteiger partial charge in [-0.1, -0.05) is 12.1 Å². The lowest BCUT2D eigenvalue weighted by Crippen LogP contribution is -2.45. The van der Waals surface area contributed by atoms with Crippen LogP contribution in [0.2, 0.25) is 0 Å². The summed E-state index contributed by atoms with van der Waals surface area (Å²) >= 11 is 0. The Labute approximate surface area is 158 Å². The van der Waals surface area contributed by atoms with E-state index in [0.717, 1.165) is 24.2 Å². The van der Waals surface area contributed by atoms with E-state index < -0.39 is 5.97 Å². The molecule has 2 aliphatic heterocycles. The van der Waals surface area contributed by atoms with Crippen molar-refractivity contribution >= 4 is 29.5 Å². The summed E-state index contributed by atoms with van der Waals surface area (Å²) in [6.45, 7) is 1.49. The molecule has 144 valence electrons. The molecular weight excluding hydrogens is 348 g/mol. The molecule has 2 amide bonds. The van der Waals surface area contributed by atoms with E-state index in [1.807, 2.05) is 24.3 Å². The van der Waals surface area contributed by atoms with Crippen molar-refractivity contribution in [1.82, 2.24) is 4.90 Å². The summed E-state index contributed by atoms with van der Waals surface area (Å²) in [5, 5.41) is 9.12. The fourth-order valence-corrected chi connectivity index (χ4v) is 3.48. The van der Waals surface area contributed by atoms with Crippen molar-refractivity contribution in [1.29, 1.82) is 0 Å². The number of carboxylic acids is 1. The van der Waals surface area contributed by atoms with Crippen LogP contribution in [0, 0.1) is 0 Å². The van der Waals surface area contributed by atoms with E-state index in [0.29, 0.717) is 32.5 Å². The van der Waals surface area contributed by atoms with Gasteiger partial charge in [-0.25, -0.2) is 0 Å². The number of carboxylic acid groups (broad SMARTS) is 1. The van der Waals surface area contributed by atoms with Crippen LogP contribution >= 0.6 is 0 Å². The minimum Gasteiger partial charge on any atom is -0.480 e. The summed E-state index contributed by atoms with van der Waals surface area (Å²) in [4.78, 5) is 38.6. The number of benzene rings is 1. The fourth-order valence-electron chi connectivity index (χ4n) is 3.48. The second-order valence-corrected chi connectivity index (χ2v) is 6.78. The predicted octanol–water partition coefficient (Wildman–Crippen LogP) is 1.92. The Balaban J connectivity index is 1.66. The quantitative estimate of drug-likeness (QED) is 0.771. The smallest absolute Gasteiger partial charge is 0.323 e. The van der Waals surface area contributed by atoms with Gasteiger partial charge >= 0.3 is 5.97 Å². The van der Waals surface area contributed by atoms with Crippen molar-refractivity contribution in [3.05, 3.63) is 35.9 Å². The third-order valence-corrected chi connectivity index (χ3v) is 4.92. The first-order valence-corrected chi connectivity index (χ1v) is 9.23. The van der Waals surface area contributed by atoms with E-state index in [-0.39, 0.29) is 24.4 Å². The van der Waals surface area contributed by atoms with Crippen LogP contribution in [-0.2, 0) is 19.1 Å². The summed E-state index contributed by atoms with van der Waals surface area (Å²) in [6, 6.07) is 7.30. The van der Waals surface area contributed by atoms with Crippen molar-refractivity contribution in [3.8, 4) is 0 Å². The molecule has 27 heavy (non-hydrogen) atoms. The molecule has 0 radical (unpaired) electrons. The van der Waals surface area contributed by atoms with E-state index >= 15 is 0 Å². The number of ether oxygens (including phenoxy) is 1. The molecule has 1 aromatic carbocycles. The Kier molecular flexibility index (Phi) is 6.24. The monoisotopic (exact) mass is 372 g/mol. The molecule has 2 fully saturated rings. The average Bonchev–Trinajstić information content (AvgIpc) is 3.11. The Morgan fingerprint density at radius 1 is 1.22 bits per heavy atom. The second kappa shape index (κ2) is 8.81. The van der Waals surface area contributed by atoms with E-state index in [9.17, 15) is 14.4 Å². The van der Waals surface area contributed by atoms with Crippen LogP contribution in [0.1, 0.15) is 31.2 Å². The Morgan fingerprint density at radius 3 is 2.52 bits per heavy atom. The summed E-state index contributed by atoms with van der Waals surface area (Å²) in [6.07, 6.45) is 5.83. The van der Waals surface area contributed by atoms with Crippen LogP contribution in [-0.4, -0.2) is 60.1 Å². The zero-order valence-corrected chi connectivity index (χ0v) is 15.2. The van der Waals surface area contributed by atoms with E-state index in [4.69, 9.17) is 9.84 Å². The van der Waals surface area contributed by atoms with Crippen molar-refractivity contribution in [2.75, 3.05) is 31.2 Å². The van der Waals surface area contributed by atoms with Crippen LogP contribution in [0.5, 0.6) is 0 Å². The third kappa shape index (κ3) is 4.95. The van der Waals surface area contributed by atoms with Gasteiger partial charge in [-0.15, -0.1) is 0 Å². The van der Waals surface area contributed by atoms with Gasteiger partial charge in [0.2, 0.25) is 11.8 Å². The first kappa shape index (κ1) is 19.1. The van der Waals surface area contributed by atoms with Crippen LogP contribution < -0.4 is 4.90 Å². The van der Waals surface area contributed by atoms with E-state index in [2.05, 4.69) is 0 Å². The highest BCUT2D eigenvalue weighted by Crippen LogP contribution is 2.22. The molecule has 2 saturated heterocycles. The first-order valence-electron chi connectivity index (χ1n) is 9.23. The topological polar surface area (TPSA) is 87.2 Å². The number of rotatable bonds is 6. The van der Waals surface area contributed by atoms with Crippen molar-refractivity contribution < 1.29 is 24.2 Å². The third-order valence-electron chi connectivity index (χ3n) is 4.92. The van der Waals surface area contributed by atoms with Crippen LogP contribution in [0.3, 0.4) is 0 Å². The molecule has 2 aliphatic rings. The van der Waals surface area contributed by atoms with Gasteiger partial charge in [0.05, 0.1) is 0 Å². The lowest BCUT2D eigenvalue weighted by Gasteiger charge is -2.32. The number of carbonyl (C=O) groups excluding carboxylic acids is 2. The molecule has 0 atom stereocenters. The molecule has 0 aliphatic carbocycles. The molecule has 0 bridgehead atoms. The van der Waals surface area contributed by atoms with Crippen LogP contribution in [0.4, 0.5) is 5.69 Å². The maximum absolute atomic E-state index is 12.6. The predicted molar refractivity (Wildman–Crippen MR) is 100 cm³/mol. The van der Waals surface area contributed by atoms with Gasteiger partial charge in [0.1, 0.15) is 6.54 Å². The molecule has 3 rings (SSSR count). The maximum Gasteiger partial charge on any atom is 0.323 e. The zero-order valence-electron chi connectivity index (χ0n) is 15.2. The summed E-state index contributed by atoms with van der Waals surface area (Å²) in [5.74, 6) is -1.21. The molecule has 0 saturated carbocycles. The molecular formula is C20H24N2O5. The van der Waals surface area contributed by atoms with Gasteiger partial charge in [-0.2, -0.15) is 0 Å². The minimum absolute atomic E-state index is 0.115. The highest BCUT2D eigenvalue weighted by atomic mass is 16.5. The van der Waals surface area contributed by atoms with Crippen molar-refractivity contribution in [2.24, 2.45) is 0 Å². The van der Waals surface area contributed by atoms with Gasteiger partial charge in [0.25, 0.3) is 0 Å². The highest BCUT2D eigenvalue weighted by molar-refractivity contribution is 5.96. The lowest BCUT2D eigenvalue weighted by molar-refractivity contribution is -0.145. The zero-order chi connectivity index (χ0) is 19.2. The van der Waals surface area contributed by atoms with Gasteiger partial charge in [0, 0.05) is 44.0 Å². The summed E-state index contributed by atoms with van der Waals surface area (Å²) in [5.41, 5.74) is 1.68. The van der Waals surface area contributed by atoms with Crippen LogP contribution in [0.25, 0.3) is 6.08 Å². The minimum atomic E-state index is -1.03. The molecule has 7 heteroatoms. The van der Waals surface area contributed by atoms with Gasteiger partial charge in [-0.05, 0) is 43.0 Å². The molecule has 1 N–H and O–H groups in total. The van der Waals surface area contributed by atoms with Crippen LogP contribution in [0.15, 0.2) is 30.3 Å². The second-order valence-electron chi connectivity index (χ2n) is 6.78. The standard InChI is InChI=1S/C20H24N2O5/c23-18-2-1-11-21(18)16-6-3-15(4-7-16)5-8-19(24)22(14-20(25)26)17-9-12-27-13-10-17/h3-8,17H,1-2,9-14H2,(H,25,26). The number of hydrogen-bond donors (Lipinski definition) is 1. The molecule has 0 aromatic heterocycles. The normalized spacial score (nSPS) is 18.2. The molecule has 7 nitrogen and oxygen atoms in total. The van der Waals surface area contributed by atoms with Gasteiger partial charge in [0.15, 0.2) is 0 Å². The molecule has 0 spiro atoms. The lowest BCUT2D eigenvalue weighted by atomic mass is 10.1. The number of aliphatic carboxylic acids is 1. The van der Waals surface area contributed by atoms with E-state index in [1.54, 1.807) is 11.0 Å². The fraction of sp³-hybridized carbons (Fsp3) is 0.450. The Hall–Kier alpha value is -2.67. The summed E-state index contributed by atoms with van der Waals surface area (Å²) < 4.78 is 5.29. The number of amides is 2. The first-order chi connectivity index (χ1) is 13.0. The maximum atomic E-state index is 12.6. The SMILES string of the molecule is O=C(O)CN(C(=O)C=Cc1ccc(N2CCCC2=O)cc1)C1CCOCC1. The Bertz CT molecular complexity index is 722. The van der Waals surface area contributed by atoms with Gasteiger partial charge < -0.3 is 19.6 Å². The van der Waals surface area contributed by atoms with Crippen molar-refractivity contribution in [3.63, 3.8) is 0 Å². The number of nitrogens with zero attached hydrogens (tertiary/aromatic N) is 2.